The Morgan fingerprint density at radius 2 is 1.82 bits per heavy atom. The number of rotatable bonds is 4. The van der Waals surface area contributed by atoms with Gasteiger partial charge in [0.1, 0.15) is 5.75 Å². The van der Waals surface area contributed by atoms with Gasteiger partial charge in [0.25, 0.3) is 0 Å². The maximum Gasteiger partial charge on any atom is 0.308 e. The minimum Gasteiger partial charge on any atom is -0.508 e. The van der Waals surface area contributed by atoms with Gasteiger partial charge in [0.15, 0.2) is 0 Å². The minimum atomic E-state index is -3.46. The van der Waals surface area contributed by atoms with Crippen LogP contribution in [0.15, 0.2) is 24.3 Å². The van der Waals surface area contributed by atoms with Crippen LogP contribution in [-0.2, 0) is 14.8 Å². The zero-order valence-corrected chi connectivity index (χ0v) is 13.1. The number of phenolic OH excluding ortho intramolecular Hbond substituents is 1. The molecule has 6 nitrogen and oxygen atoms in total. The Kier molecular flexibility index (Phi) is 3.45. The van der Waals surface area contributed by atoms with Crippen LogP contribution in [0.4, 0.5) is 0 Å². The number of carboxylic acid groups (broad SMARTS) is 1. The van der Waals surface area contributed by atoms with Crippen molar-refractivity contribution in [2.45, 2.75) is 30.4 Å². The SMILES string of the molecule is CC1(S(=O)(=O)N2C[C@H](C(=O)O)[C@@H](c3ccc(O)cc3)C2)CC1. The van der Waals surface area contributed by atoms with Crippen molar-refractivity contribution >= 4 is 16.0 Å². The Labute approximate surface area is 129 Å². The van der Waals surface area contributed by atoms with E-state index in [0.717, 1.165) is 5.56 Å². The van der Waals surface area contributed by atoms with Gasteiger partial charge in [0, 0.05) is 19.0 Å². The first-order chi connectivity index (χ1) is 10.2. The summed E-state index contributed by atoms with van der Waals surface area (Å²) in [7, 11) is -3.46. The summed E-state index contributed by atoms with van der Waals surface area (Å²) in [5.41, 5.74) is 0.740. The summed E-state index contributed by atoms with van der Waals surface area (Å²) in [5, 5.41) is 18.8. The molecule has 0 bridgehead atoms. The van der Waals surface area contributed by atoms with Crippen molar-refractivity contribution in [3.63, 3.8) is 0 Å². The number of carbonyl (C=O) groups is 1. The third kappa shape index (κ3) is 2.38. The lowest BCUT2D eigenvalue weighted by atomic mass is 9.89. The summed E-state index contributed by atoms with van der Waals surface area (Å²) in [5.74, 6) is -2.04. The number of benzene rings is 1. The topological polar surface area (TPSA) is 94.9 Å². The predicted octanol–water partition coefficient (Wildman–Crippen LogP) is 1.37. The second-order valence-electron chi connectivity index (χ2n) is 6.41. The van der Waals surface area contributed by atoms with E-state index in [2.05, 4.69) is 0 Å². The Balaban J connectivity index is 1.90. The molecule has 0 unspecified atom stereocenters. The average Bonchev–Trinajstić information content (AvgIpc) is 3.05. The quantitative estimate of drug-likeness (QED) is 0.872. The van der Waals surface area contributed by atoms with Crippen LogP contribution in [0.25, 0.3) is 0 Å². The molecule has 2 fully saturated rings. The maximum atomic E-state index is 12.6. The molecule has 2 aliphatic rings. The summed E-state index contributed by atoms with van der Waals surface area (Å²) in [6.07, 6.45) is 1.26. The van der Waals surface area contributed by atoms with Gasteiger partial charge < -0.3 is 10.2 Å². The van der Waals surface area contributed by atoms with E-state index >= 15 is 0 Å². The molecule has 1 aromatic carbocycles. The molecule has 0 aromatic heterocycles. The first-order valence-corrected chi connectivity index (χ1v) is 8.70. The Morgan fingerprint density at radius 1 is 1.23 bits per heavy atom. The maximum absolute atomic E-state index is 12.6. The first kappa shape index (κ1) is 15.3. The number of hydrogen-bond donors (Lipinski definition) is 2. The second kappa shape index (κ2) is 4.96. The van der Waals surface area contributed by atoms with Crippen LogP contribution in [0.2, 0.25) is 0 Å². The van der Waals surface area contributed by atoms with E-state index in [-0.39, 0.29) is 18.8 Å². The molecule has 1 saturated heterocycles. The van der Waals surface area contributed by atoms with Gasteiger partial charge in [-0.2, -0.15) is 4.31 Å². The van der Waals surface area contributed by atoms with Gasteiger partial charge in [-0.05, 0) is 37.5 Å². The lowest BCUT2D eigenvalue weighted by Crippen LogP contribution is -2.37. The van der Waals surface area contributed by atoms with Gasteiger partial charge in [-0.1, -0.05) is 12.1 Å². The first-order valence-electron chi connectivity index (χ1n) is 7.26. The highest BCUT2D eigenvalue weighted by molar-refractivity contribution is 7.90. The Bertz CT molecular complexity index is 693. The number of aromatic hydroxyl groups is 1. The Hall–Kier alpha value is -1.60. The number of carboxylic acids is 1. The molecule has 3 rings (SSSR count). The van der Waals surface area contributed by atoms with Crippen molar-refractivity contribution in [1.82, 2.24) is 4.31 Å². The molecular formula is C15H19NO5S. The molecule has 1 heterocycles. The molecule has 2 atom stereocenters. The summed E-state index contributed by atoms with van der Waals surface area (Å²) in [4.78, 5) is 11.5. The highest BCUT2D eigenvalue weighted by Gasteiger charge is 2.55. The number of sulfonamides is 1. The van der Waals surface area contributed by atoms with Crippen LogP contribution in [0.5, 0.6) is 5.75 Å². The van der Waals surface area contributed by atoms with Gasteiger partial charge in [-0.3, -0.25) is 4.79 Å². The van der Waals surface area contributed by atoms with Gasteiger partial charge in [0.05, 0.1) is 10.7 Å². The zero-order chi connectivity index (χ0) is 16.1. The van der Waals surface area contributed by atoms with Gasteiger partial charge >= 0.3 is 5.97 Å². The average molecular weight is 325 g/mol. The zero-order valence-electron chi connectivity index (χ0n) is 12.3. The van der Waals surface area contributed by atoms with Gasteiger partial charge in [-0.15, -0.1) is 0 Å². The van der Waals surface area contributed by atoms with E-state index < -0.39 is 32.6 Å². The van der Waals surface area contributed by atoms with Crippen molar-refractivity contribution in [3.05, 3.63) is 29.8 Å². The Morgan fingerprint density at radius 3 is 2.32 bits per heavy atom. The number of aliphatic carboxylic acids is 1. The lowest BCUT2D eigenvalue weighted by molar-refractivity contribution is -0.141. The lowest BCUT2D eigenvalue weighted by Gasteiger charge is -2.21. The largest absolute Gasteiger partial charge is 0.508 e. The number of hydrogen-bond acceptors (Lipinski definition) is 4. The molecule has 1 aromatic rings. The standard InChI is InChI=1S/C15H19NO5S/c1-15(6-7-15)22(20,21)16-8-12(13(9-16)14(18)19)10-2-4-11(17)5-3-10/h2-5,12-13,17H,6-9H2,1H3,(H,18,19)/t12-,13+/m1/s1. The second-order valence-corrected chi connectivity index (χ2v) is 8.87. The summed E-state index contributed by atoms with van der Waals surface area (Å²) < 4.78 is 25.8. The van der Waals surface area contributed by atoms with Gasteiger partial charge in [0.2, 0.25) is 10.0 Å². The summed E-state index contributed by atoms with van der Waals surface area (Å²) in [6.45, 7) is 1.91. The molecule has 22 heavy (non-hydrogen) atoms. The highest BCUT2D eigenvalue weighted by atomic mass is 32.2. The van der Waals surface area contributed by atoms with E-state index in [1.54, 1.807) is 19.1 Å². The molecule has 0 radical (unpaired) electrons. The third-order valence-corrected chi connectivity index (χ3v) is 7.47. The van der Waals surface area contributed by atoms with Crippen LogP contribution < -0.4 is 0 Å². The molecule has 0 spiro atoms. The molecule has 120 valence electrons. The van der Waals surface area contributed by atoms with Crippen LogP contribution in [0.3, 0.4) is 0 Å². The van der Waals surface area contributed by atoms with E-state index in [4.69, 9.17) is 0 Å². The van der Waals surface area contributed by atoms with Crippen LogP contribution >= 0.6 is 0 Å². The summed E-state index contributed by atoms with van der Waals surface area (Å²) >= 11 is 0. The third-order valence-electron chi connectivity index (χ3n) is 4.84. The van der Waals surface area contributed by atoms with Gasteiger partial charge in [-0.25, -0.2) is 8.42 Å². The van der Waals surface area contributed by atoms with Crippen molar-refractivity contribution in [1.29, 1.82) is 0 Å². The predicted molar refractivity (Wildman–Crippen MR) is 80.1 cm³/mol. The summed E-state index contributed by atoms with van der Waals surface area (Å²) in [6, 6.07) is 6.30. The van der Waals surface area contributed by atoms with E-state index in [9.17, 15) is 23.4 Å². The fourth-order valence-electron chi connectivity index (χ4n) is 3.02. The van der Waals surface area contributed by atoms with Crippen LogP contribution in [-0.4, -0.2) is 46.7 Å². The van der Waals surface area contributed by atoms with Crippen molar-refractivity contribution < 1.29 is 23.4 Å². The minimum absolute atomic E-state index is 0.0127. The molecule has 0 amide bonds. The normalized spacial score (nSPS) is 27.7. The van der Waals surface area contributed by atoms with Crippen LogP contribution in [0.1, 0.15) is 31.2 Å². The van der Waals surface area contributed by atoms with E-state index in [1.165, 1.54) is 16.4 Å². The fraction of sp³-hybridized carbons (Fsp3) is 0.533. The smallest absolute Gasteiger partial charge is 0.308 e. The van der Waals surface area contributed by atoms with E-state index in [0.29, 0.717) is 12.8 Å². The van der Waals surface area contributed by atoms with Crippen molar-refractivity contribution in [2.24, 2.45) is 5.92 Å². The molecular weight excluding hydrogens is 306 g/mol. The molecule has 1 aliphatic carbocycles. The molecule has 1 aliphatic heterocycles. The van der Waals surface area contributed by atoms with Crippen molar-refractivity contribution in [3.8, 4) is 5.75 Å². The molecule has 2 N–H and O–H groups in total. The van der Waals surface area contributed by atoms with E-state index in [1.807, 2.05) is 0 Å². The molecule has 7 heteroatoms. The molecule has 1 saturated carbocycles. The number of nitrogens with zero attached hydrogens (tertiary/aromatic N) is 1. The number of phenols is 1. The monoisotopic (exact) mass is 325 g/mol. The highest BCUT2D eigenvalue weighted by Crippen LogP contribution is 2.47. The van der Waals surface area contributed by atoms with Crippen LogP contribution in [0, 0.1) is 5.92 Å². The fourth-order valence-corrected chi connectivity index (χ4v) is 4.97. The van der Waals surface area contributed by atoms with Crippen molar-refractivity contribution in [2.75, 3.05) is 13.1 Å².